The van der Waals surface area contributed by atoms with Crippen LogP contribution in [-0.2, 0) is 10.9 Å². The van der Waals surface area contributed by atoms with Crippen LogP contribution < -0.4 is 5.32 Å². The molecule has 2 rings (SSSR count). The summed E-state index contributed by atoms with van der Waals surface area (Å²) in [4.78, 5) is 0. The first kappa shape index (κ1) is 14.3. The van der Waals surface area contributed by atoms with Gasteiger partial charge in [0.2, 0.25) is 0 Å². The monoisotopic (exact) mass is 273 g/mol. The molecule has 2 atom stereocenters. The fraction of sp³-hybridized carbons (Fsp3) is 0.571. The molecule has 0 bridgehead atoms. The molecule has 1 aliphatic rings. The van der Waals surface area contributed by atoms with Crippen molar-refractivity contribution in [1.82, 2.24) is 5.32 Å². The first-order valence-electron chi connectivity index (χ1n) is 6.43. The smallest absolute Gasteiger partial charge is 0.381 e. The molecule has 1 fully saturated rings. The normalized spacial score (nSPS) is 21.6. The maximum absolute atomic E-state index is 12.5. The van der Waals surface area contributed by atoms with E-state index in [1.807, 2.05) is 7.05 Å². The van der Waals surface area contributed by atoms with Gasteiger partial charge in [0, 0.05) is 19.3 Å². The van der Waals surface area contributed by atoms with Crippen LogP contribution in [0, 0.1) is 5.92 Å². The Morgan fingerprint density at radius 2 is 2.00 bits per heavy atom. The summed E-state index contributed by atoms with van der Waals surface area (Å²) in [5.74, 6) is 0.486. The van der Waals surface area contributed by atoms with Gasteiger partial charge in [0.1, 0.15) is 0 Å². The van der Waals surface area contributed by atoms with E-state index in [4.69, 9.17) is 4.74 Å². The van der Waals surface area contributed by atoms with Crippen molar-refractivity contribution in [3.63, 3.8) is 0 Å². The van der Waals surface area contributed by atoms with Crippen molar-refractivity contribution in [3.05, 3.63) is 35.4 Å². The fourth-order valence-corrected chi connectivity index (χ4v) is 2.43. The third-order valence-corrected chi connectivity index (χ3v) is 3.58. The average Bonchev–Trinajstić information content (AvgIpc) is 2.88. The van der Waals surface area contributed by atoms with Crippen LogP contribution in [0.3, 0.4) is 0 Å². The van der Waals surface area contributed by atoms with Crippen LogP contribution in [0.5, 0.6) is 0 Å². The van der Waals surface area contributed by atoms with Crippen LogP contribution in [0.4, 0.5) is 13.2 Å². The lowest BCUT2D eigenvalue weighted by atomic mass is 9.94. The highest BCUT2D eigenvalue weighted by Gasteiger charge is 2.30. The second-order valence-electron chi connectivity index (χ2n) is 4.93. The summed E-state index contributed by atoms with van der Waals surface area (Å²) in [6.45, 7) is 1.53. The molecule has 0 saturated carbocycles. The van der Waals surface area contributed by atoms with Crippen molar-refractivity contribution < 1.29 is 17.9 Å². The predicted octanol–water partition coefficient (Wildman–Crippen LogP) is 3.39. The summed E-state index contributed by atoms with van der Waals surface area (Å²) in [5, 5.41) is 3.17. The third kappa shape index (κ3) is 3.70. The Labute approximate surface area is 111 Å². The molecule has 2 unspecified atom stereocenters. The molecule has 1 aliphatic heterocycles. The predicted molar refractivity (Wildman–Crippen MR) is 66.8 cm³/mol. The van der Waals surface area contributed by atoms with Crippen molar-refractivity contribution in [1.29, 1.82) is 0 Å². The molecule has 0 amide bonds. The van der Waals surface area contributed by atoms with Gasteiger partial charge in [0.25, 0.3) is 0 Å². The lowest BCUT2D eigenvalue weighted by Crippen LogP contribution is -2.20. The van der Waals surface area contributed by atoms with Gasteiger partial charge in [-0.25, -0.2) is 0 Å². The third-order valence-electron chi connectivity index (χ3n) is 3.58. The summed E-state index contributed by atoms with van der Waals surface area (Å²) < 4.78 is 42.8. The van der Waals surface area contributed by atoms with E-state index in [1.165, 1.54) is 0 Å². The van der Waals surface area contributed by atoms with E-state index in [2.05, 4.69) is 5.32 Å². The molecule has 106 valence electrons. The molecule has 2 nitrogen and oxygen atoms in total. The van der Waals surface area contributed by atoms with Gasteiger partial charge in [-0.15, -0.1) is 0 Å². The van der Waals surface area contributed by atoms with Gasteiger partial charge >= 0.3 is 6.18 Å². The number of benzene rings is 1. The first-order chi connectivity index (χ1) is 9.00. The Morgan fingerprint density at radius 3 is 2.47 bits per heavy atom. The van der Waals surface area contributed by atoms with E-state index in [-0.39, 0.29) is 6.04 Å². The second kappa shape index (κ2) is 5.92. The Bertz CT molecular complexity index is 396. The van der Waals surface area contributed by atoms with Gasteiger partial charge in [0.05, 0.1) is 5.56 Å². The van der Waals surface area contributed by atoms with E-state index in [1.54, 1.807) is 12.1 Å². The number of hydrogen-bond donors (Lipinski definition) is 1. The number of ether oxygens (including phenoxy) is 1. The molecule has 0 aliphatic carbocycles. The quantitative estimate of drug-likeness (QED) is 0.908. The topological polar surface area (TPSA) is 21.3 Å². The van der Waals surface area contributed by atoms with Crippen molar-refractivity contribution in [2.45, 2.75) is 25.1 Å². The molecule has 1 heterocycles. The van der Waals surface area contributed by atoms with Crippen molar-refractivity contribution in [3.8, 4) is 0 Å². The Kier molecular flexibility index (Phi) is 4.47. The molecule has 1 saturated heterocycles. The Hall–Kier alpha value is -1.07. The van der Waals surface area contributed by atoms with Gasteiger partial charge in [-0.05, 0) is 43.5 Å². The minimum Gasteiger partial charge on any atom is -0.381 e. The molecular weight excluding hydrogens is 255 g/mol. The number of hydrogen-bond acceptors (Lipinski definition) is 2. The molecule has 1 aromatic carbocycles. The molecule has 0 aromatic heterocycles. The lowest BCUT2D eigenvalue weighted by molar-refractivity contribution is -0.137. The molecule has 0 spiro atoms. The zero-order valence-corrected chi connectivity index (χ0v) is 10.8. The summed E-state index contributed by atoms with van der Waals surface area (Å²) >= 11 is 0. The van der Waals surface area contributed by atoms with Crippen LogP contribution in [-0.4, -0.2) is 20.3 Å². The molecule has 0 radical (unpaired) electrons. The van der Waals surface area contributed by atoms with E-state index in [9.17, 15) is 13.2 Å². The second-order valence-corrected chi connectivity index (χ2v) is 4.93. The van der Waals surface area contributed by atoms with Crippen LogP contribution in [0.15, 0.2) is 24.3 Å². The molecule has 1 aromatic rings. The molecular formula is C14H18F3NO. The number of rotatable bonds is 4. The minimum atomic E-state index is -4.27. The zero-order valence-electron chi connectivity index (χ0n) is 10.8. The summed E-state index contributed by atoms with van der Waals surface area (Å²) in [7, 11) is 1.83. The summed E-state index contributed by atoms with van der Waals surface area (Å²) in [6.07, 6.45) is -2.35. The SMILES string of the molecule is CNC(CC1CCOC1)c1ccc(C(F)(F)F)cc1. The van der Waals surface area contributed by atoms with Crippen LogP contribution in [0.2, 0.25) is 0 Å². The van der Waals surface area contributed by atoms with Crippen molar-refractivity contribution >= 4 is 0 Å². The van der Waals surface area contributed by atoms with Crippen molar-refractivity contribution in [2.24, 2.45) is 5.92 Å². The van der Waals surface area contributed by atoms with Gasteiger partial charge in [-0.2, -0.15) is 13.2 Å². The number of alkyl halides is 3. The maximum Gasteiger partial charge on any atom is 0.416 e. The highest BCUT2D eigenvalue weighted by Crippen LogP contribution is 2.31. The average molecular weight is 273 g/mol. The Balaban J connectivity index is 2.05. The van der Waals surface area contributed by atoms with E-state index < -0.39 is 11.7 Å². The van der Waals surface area contributed by atoms with Crippen LogP contribution >= 0.6 is 0 Å². The zero-order chi connectivity index (χ0) is 13.9. The van der Waals surface area contributed by atoms with Crippen LogP contribution in [0.1, 0.15) is 30.0 Å². The summed E-state index contributed by atoms with van der Waals surface area (Å²) in [5.41, 5.74) is 0.290. The van der Waals surface area contributed by atoms with E-state index >= 15 is 0 Å². The number of halogens is 3. The molecule has 5 heteroatoms. The first-order valence-corrected chi connectivity index (χ1v) is 6.43. The van der Waals surface area contributed by atoms with Crippen LogP contribution in [0.25, 0.3) is 0 Å². The van der Waals surface area contributed by atoms with Gasteiger partial charge in [0.15, 0.2) is 0 Å². The molecule has 19 heavy (non-hydrogen) atoms. The van der Waals surface area contributed by atoms with Gasteiger partial charge in [-0.3, -0.25) is 0 Å². The molecule has 1 N–H and O–H groups in total. The fourth-order valence-electron chi connectivity index (χ4n) is 2.43. The highest BCUT2D eigenvalue weighted by atomic mass is 19.4. The Morgan fingerprint density at radius 1 is 1.32 bits per heavy atom. The standard InChI is InChI=1S/C14H18F3NO/c1-18-13(8-10-6-7-19-9-10)11-2-4-12(5-3-11)14(15,16)17/h2-5,10,13,18H,6-9H2,1H3. The van der Waals surface area contributed by atoms with Gasteiger partial charge in [-0.1, -0.05) is 12.1 Å². The largest absolute Gasteiger partial charge is 0.416 e. The maximum atomic E-state index is 12.5. The minimum absolute atomic E-state index is 0.0778. The highest BCUT2D eigenvalue weighted by molar-refractivity contribution is 5.26. The lowest BCUT2D eigenvalue weighted by Gasteiger charge is -2.20. The van der Waals surface area contributed by atoms with E-state index in [0.29, 0.717) is 5.92 Å². The van der Waals surface area contributed by atoms with Crippen molar-refractivity contribution in [2.75, 3.05) is 20.3 Å². The summed E-state index contributed by atoms with van der Waals surface area (Å²) in [6, 6.07) is 5.48. The van der Waals surface area contributed by atoms with E-state index in [0.717, 1.165) is 43.8 Å². The number of nitrogens with one attached hydrogen (secondary N) is 1. The van der Waals surface area contributed by atoms with Gasteiger partial charge < -0.3 is 10.1 Å².